The lowest BCUT2D eigenvalue weighted by atomic mass is 10.1. The van der Waals surface area contributed by atoms with Gasteiger partial charge in [0.1, 0.15) is 0 Å². The van der Waals surface area contributed by atoms with E-state index in [0.29, 0.717) is 5.02 Å². The van der Waals surface area contributed by atoms with Gasteiger partial charge in [0.05, 0.1) is 10.7 Å². The molecule has 0 aliphatic heterocycles. The van der Waals surface area contributed by atoms with Gasteiger partial charge in [-0.3, -0.25) is 9.67 Å². The quantitative estimate of drug-likeness (QED) is 0.904. The van der Waals surface area contributed by atoms with Gasteiger partial charge in [-0.15, -0.1) is 0 Å². The number of halogens is 1. The molecule has 17 heavy (non-hydrogen) atoms. The van der Waals surface area contributed by atoms with Crippen LogP contribution in [0.1, 0.15) is 23.9 Å². The highest BCUT2D eigenvalue weighted by Gasteiger charge is 2.12. The van der Waals surface area contributed by atoms with Crippen molar-refractivity contribution in [1.29, 1.82) is 0 Å². The van der Waals surface area contributed by atoms with Crippen LogP contribution in [-0.4, -0.2) is 14.8 Å². The maximum absolute atomic E-state index is 6.09. The maximum Gasteiger partial charge on any atom is 0.0756 e. The molecule has 0 saturated heterocycles. The highest BCUT2D eigenvalue weighted by molar-refractivity contribution is 6.31. The van der Waals surface area contributed by atoms with E-state index in [4.69, 9.17) is 17.3 Å². The summed E-state index contributed by atoms with van der Waals surface area (Å²) in [6, 6.07) is 5.47. The summed E-state index contributed by atoms with van der Waals surface area (Å²) < 4.78 is 1.85. The summed E-state index contributed by atoms with van der Waals surface area (Å²) in [7, 11) is 1.93. The van der Waals surface area contributed by atoms with Crippen LogP contribution in [0.5, 0.6) is 0 Å². The third-order valence-corrected chi connectivity index (χ3v) is 3.09. The van der Waals surface area contributed by atoms with Crippen molar-refractivity contribution in [2.75, 3.05) is 0 Å². The summed E-state index contributed by atoms with van der Waals surface area (Å²) in [6.07, 6.45) is 5.17. The highest BCUT2D eigenvalue weighted by atomic mass is 35.5. The molecule has 0 amide bonds. The van der Waals surface area contributed by atoms with Gasteiger partial charge in [0.2, 0.25) is 0 Å². The van der Waals surface area contributed by atoms with E-state index in [2.05, 4.69) is 10.1 Å². The van der Waals surface area contributed by atoms with Gasteiger partial charge in [-0.05, 0) is 31.0 Å². The summed E-state index contributed by atoms with van der Waals surface area (Å²) in [5, 5.41) is 4.75. The molecule has 2 aromatic rings. The van der Waals surface area contributed by atoms with E-state index in [1.54, 1.807) is 18.5 Å². The number of hydrogen-bond acceptors (Lipinski definition) is 3. The predicted octanol–water partition coefficient (Wildman–Crippen LogP) is 2.10. The topological polar surface area (TPSA) is 56.7 Å². The largest absolute Gasteiger partial charge is 0.323 e. The molecular formula is C12H15ClN4. The molecule has 5 heteroatoms. The minimum Gasteiger partial charge on any atom is -0.323 e. The van der Waals surface area contributed by atoms with Gasteiger partial charge in [0, 0.05) is 31.2 Å². The minimum absolute atomic E-state index is 0.140. The van der Waals surface area contributed by atoms with Crippen molar-refractivity contribution in [3.05, 3.63) is 47.0 Å². The molecule has 4 nitrogen and oxygen atoms in total. The summed E-state index contributed by atoms with van der Waals surface area (Å²) in [4.78, 5) is 4.22. The number of aromatic nitrogens is 3. The van der Waals surface area contributed by atoms with Crippen molar-refractivity contribution < 1.29 is 0 Å². The average Bonchev–Trinajstić information content (AvgIpc) is 2.72. The molecule has 0 saturated carbocycles. The van der Waals surface area contributed by atoms with Gasteiger partial charge in [0.15, 0.2) is 0 Å². The van der Waals surface area contributed by atoms with Crippen molar-refractivity contribution in [2.24, 2.45) is 12.8 Å². The molecule has 0 bridgehead atoms. The number of aryl methyl sites for hydroxylation is 2. The van der Waals surface area contributed by atoms with E-state index in [-0.39, 0.29) is 6.04 Å². The SMILES string of the molecule is Cn1nccc1CCC(N)c1ncccc1Cl. The molecule has 2 rings (SSSR count). The Morgan fingerprint density at radius 3 is 2.88 bits per heavy atom. The van der Waals surface area contributed by atoms with E-state index < -0.39 is 0 Å². The monoisotopic (exact) mass is 250 g/mol. The molecular weight excluding hydrogens is 236 g/mol. The summed E-state index contributed by atoms with van der Waals surface area (Å²) in [5.74, 6) is 0. The zero-order chi connectivity index (χ0) is 12.3. The Morgan fingerprint density at radius 2 is 2.24 bits per heavy atom. The first-order valence-electron chi connectivity index (χ1n) is 5.51. The maximum atomic E-state index is 6.09. The van der Waals surface area contributed by atoms with E-state index in [9.17, 15) is 0 Å². The van der Waals surface area contributed by atoms with Crippen LogP contribution in [0.15, 0.2) is 30.6 Å². The van der Waals surface area contributed by atoms with Crippen LogP contribution >= 0.6 is 11.6 Å². The van der Waals surface area contributed by atoms with Crippen LogP contribution < -0.4 is 5.73 Å². The van der Waals surface area contributed by atoms with Gasteiger partial charge >= 0.3 is 0 Å². The molecule has 90 valence electrons. The molecule has 2 N–H and O–H groups in total. The van der Waals surface area contributed by atoms with Crippen molar-refractivity contribution >= 4 is 11.6 Å². The Bertz CT molecular complexity index is 495. The second kappa shape index (κ2) is 5.29. The Labute approximate surface area is 105 Å². The lowest BCUT2D eigenvalue weighted by molar-refractivity contribution is 0.602. The first kappa shape index (κ1) is 12.1. The van der Waals surface area contributed by atoms with Crippen molar-refractivity contribution in [2.45, 2.75) is 18.9 Å². The number of pyridine rings is 1. The molecule has 0 radical (unpaired) electrons. The summed E-state index contributed by atoms with van der Waals surface area (Å²) >= 11 is 6.05. The lowest BCUT2D eigenvalue weighted by Gasteiger charge is -2.12. The van der Waals surface area contributed by atoms with Gasteiger partial charge in [0.25, 0.3) is 0 Å². The molecule has 2 heterocycles. The van der Waals surface area contributed by atoms with Crippen LogP contribution in [0.4, 0.5) is 0 Å². The fourth-order valence-electron chi connectivity index (χ4n) is 1.76. The van der Waals surface area contributed by atoms with Crippen molar-refractivity contribution in [1.82, 2.24) is 14.8 Å². The van der Waals surface area contributed by atoms with Crippen LogP contribution in [-0.2, 0) is 13.5 Å². The standard InChI is InChI=1S/C12H15ClN4/c1-17-9(6-8-16-17)4-5-11(14)12-10(13)3-2-7-15-12/h2-3,6-8,11H,4-5,14H2,1H3. The van der Waals surface area contributed by atoms with E-state index in [0.717, 1.165) is 24.2 Å². The molecule has 1 atom stereocenters. The Kier molecular flexibility index (Phi) is 3.76. The van der Waals surface area contributed by atoms with Crippen molar-refractivity contribution in [3.8, 4) is 0 Å². The smallest absolute Gasteiger partial charge is 0.0756 e. The van der Waals surface area contributed by atoms with Gasteiger partial charge < -0.3 is 5.73 Å². The van der Waals surface area contributed by atoms with Crippen LogP contribution in [0.2, 0.25) is 5.02 Å². The molecule has 1 unspecified atom stereocenters. The number of rotatable bonds is 4. The minimum atomic E-state index is -0.140. The molecule has 0 aromatic carbocycles. The molecule has 0 aliphatic rings. The Balaban J connectivity index is 2.01. The number of nitrogens with two attached hydrogens (primary N) is 1. The van der Waals surface area contributed by atoms with E-state index in [1.165, 1.54) is 0 Å². The second-order valence-corrected chi connectivity index (χ2v) is 4.37. The second-order valence-electron chi connectivity index (χ2n) is 3.96. The van der Waals surface area contributed by atoms with E-state index in [1.807, 2.05) is 23.9 Å². The first-order chi connectivity index (χ1) is 8.18. The van der Waals surface area contributed by atoms with Crippen LogP contribution in [0, 0.1) is 0 Å². The van der Waals surface area contributed by atoms with E-state index >= 15 is 0 Å². The number of nitrogens with zero attached hydrogens (tertiary/aromatic N) is 3. The molecule has 0 aliphatic carbocycles. The van der Waals surface area contributed by atoms with Crippen LogP contribution in [0.3, 0.4) is 0 Å². The molecule has 2 aromatic heterocycles. The summed E-state index contributed by atoms with van der Waals surface area (Å²) in [6.45, 7) is 0. The first-order valence-corrected chi connectivity index (χ1v) is 5.89. The van der Waals surface area contributed by atoms with Gasteiger partial charge in [-0.25, -0.2) is 0 Å². The Morgan fingerprint density at radius 1 is 1.41 bits per heavy atom. The zero-order valence-corrected chi connectivity index (χ0v) is 10.4. The molecule has 0 fully saturated rings. The fourth-order valence-corrected chi connectivity index (χ4v) is 2.02. The van der Waals surface area contributed by atoms with Crippen LogP contribution in [0.25, 0.3) is 0 Å². The normalized spacial score (nSPS) is 12.6. The number of hydrogen-bond donors (Lipinski definition) is 1. The predicted molar refractivity (Wildman–Crippen MR) is 67.7 cm³/mol. The third kappa shape index (κ3) is 2.84. The Hall–Kier alpha value is -1.39. The van der Waals surface area contributed by atoms with Gasteiger partial charge in [-0.1, -0.05) is 11.6 Å². The van der Waals surface area contributed by atoms with Gasteiger partial charge in [-0.2, -0.15) is 5.10 Å². The summed E-state index contributed by atoms with van der Waals surface area (Å²) in [5.41, 5.74) is 8.01. The zero-order valence-electron chi connectivity index (χ0n) is 9.68. The highest BCUT2D eigenvalue weighted by Crippen LogP contribution is 2.21. The third-order valence-electron chi connectivity index (χ3n) is 2.77. The fraction of sp³-hybridized carbons (Fsp3) is 0.333. The lowest BCUT2D eigenvalue weighted by Crippen LogP contribution is -2.14. The molecule has 0 spiro atoms. The average molecular weight is 251 g/mol. The van der Waals surface area contributed by atoms with Crippen molar-refractivity contribution in [3.63, 3.8) is 0 Å².